The number of amides is 2. The van der Waals surface area contributed by atoms with Crippen LogP contribution in [0.4, 0.5) is 0 Å². The second-order valence-electron chi connectivity index (χ2n) is 12.8. The van der Waals surface area contributed by atoms with Crippen molar-refractivity contribution in [3.05, 3.63) is 106 Å². The van der Waals surface area contributed by atoms with Crippen molar-refractivity contribution in [1.29, 1.82) is 0 Å². The maximum Gasteiger partial charge on any atom is 0.255 e. The molecule has 16 nitrogen and oxygen atoms in total. The van der Waals surface area contributed by atoms with Crippen LogP contribution in [0.1, 0.15) is 69.1 Å². The van der Waals surface area contributed by atoms with Gasteiger partial charge in [0.2, 0.25) is 0 Å². The Morgan fingerprint density at radius 3 is 1.40 bits per heavy atom. The van der Waals surface area contributed by atoms with E-state index < -0.39 is 18.0 Å². The zero-order chi connectivity index (χ0) is 41.6. The predicted molar refractivity (Wildman–Crippen MR) is 206 cm³/mol. The van der Waals surface area contributed by atoms with Gasteiger partial charge in [0.25, 0.3) is 11.8 Å². The zero-order valence-electron chi connectivity index (χ0n) is 31.5. The Morgan fingerprint density at radius 2 is 0.966 bits per heavy atom. The summed E-state index contributed by atoms with van der Waals surface area (Å²) in [6, 6.07) is 17.2. The van der Waals surface area contributed by atoms with Crippen LogP contribution < -0.4 is 14.2 Å². The highest BCUT2D eigenvalue weighted by molar-refractivity contribution is 6.04. The standard InChI is InChI=1S/C22H23NO7.C20H19NO7/c1-2-29-20-7-3-5-16(17(20)11-24)22(27)23-9-10-28-13-15(23)14-30-21-8-4-6-19(26)18(21)12-25;22-9-15-14(3-1-4-17(15)24)20(26)21-7-8-27-11-13(21)12-28-19-6-2-5-18(25)16(19)10-23/h3-8,11-12,15,26H,2,9-10,13-14H2,1H3;1-6,9-10,13,24-25H,7-8,11-12H2/t15-;13-/m00/s1. The number of aldehydes is 4. The van der Waals surface area contributed by atoms with E-state index in [9.17, 15) is 44.1 Å². The number of phenolic OH excluding ortho intramolecular Hbond substituents is 3. The van der Waals surface area contributed by atoms with Crippen molar-refractivity contribution >= 4 is 37.0 Å². The lowest BCUT2D eigenvalue weighted by atomic mass is 10.0. The molecule has 0 saturated carbocycles. The molecule has 2 heterocycles. The smallest absolute Gasteiger partial charge is 0.255 e. The average molecular weight is 799 g/mol. The number of morpholine rings is 2. The number of ether oxygens (including phenoxy) is 5. The van der Waals surface area contributed by atoms with Gasteiger partial charge in [-0.3, -0.25) is 28.8 Å². The van der Waals surface area contributed by atoms with Crippen LogP contribution in [-0.2, 0) is 9.47 Å². The molecule has 2 saturated heterocycles. The maximum atomic E-state index is 13.2. The van der Waals surface area contributed by atoms with E-state index in [1.165, 1.54) is 35.2 Å². The van der Waals surface area contributed by atoms with Crippen molar-refractivity contribution in [2.24, 2.45) is 0 Å². The summed E-state index contributed by atoms with van der Waals surface area (Å²) in [4.78, 5) is 74.7. The summed E-state index contributed by atoms with van der Waals surface area (Å²) in [5.74, 6) is -0.640. The van der Waals surface area contributed by atoms with Crippen LogP contribution >= 0.6 is 0 Å². The fourth-order valence-corrected chi connectivity index (χ4v) is 6.35. The first-order valence-corrected chi connectivity index (χ1v) is 18.2. The molecule has 0 spiro atoms. The molecule has 4 aromatic carbocycles. The van der Waals surface area contributed by atoms with Crippen molar-refractivity contribution < 1.29 is 67.8 Å². The summed E-state index contributed by atoms with van der Waals surface area (Å²) in [5, 5.41) is 29.4. The van der Waals surface area contributed by atoms with Crippen LogP contribution in [0.2, 0.25) is 0 Å². The van der Waals surface area contributed by atoms with Crippen LogP contribution in [0.3, 0.4) is 0 Å². The minimum atomic E-state index is -0.482. The molecule has 0 aliphatic carbocycles. The van der Waals surface area contributed by atoms with Crippen molar-refractivity contribution in [3.8, 4) is 34.5 Å². The number of carbonyl (C=O) groups is 6. The zero-order valence-corrected chi connectivity index (χ0v) is 31.5. The molecule has 16 heteroatoms. The number of benzene rings is 4. The van der Waals surface area contributed by atoms with Gasteiger partial charge in [-0.1, -0.05) is 24.3 Å². The molecule has 2 atom stereocenters. The number of phenols is 3. The summed E-state index contributed by atoms with van der Waals surface area (Å²) in [6.07, 6.45) is 2.07. The van der Waals surface area contributed by atoms with Crippen LogP contribution in [0, 0.1) is 0 Å². The second kappa shape index (κ2) is 20.4. The molecular weight excluding hydrogens is 756 g/mol. The largest absolute Gasteiger partial charge is 0.507 e. The van der Waals surface area contributed by atoms with Gasteiger partial charge in [-0.25, -0.2) is 0 Å². The third-order valence-electron chi connectivity index (χ3n) is 9.31. The quantitative estimate of drug-likeness (QED) is 0.154. The Kier molecular flexibility index (Phi) is 14.9. The van der Waals surface area contributed by atoms with E-state index in [1.54, 1.807) is 54.3 Å². The molecule has 2 aliphatic rings. The Morgan fingerprint density at radius 1 is 0.586 bits per heavy atom. The Hall–Kier alpha value is -6.78. The van der Waals surface area contributed by atoms with Crippen molar-refractivity contribution in [2.45, 2.75) is 19.0 Å². The lowest BCUT2D eigenvalue weighted by Crippen LogP contribution is -2.51. The Balaban J connectivity index is 0.000000221. The number of nitrogens with zero attached hydrogens (tertiary/aromatic N) is 2. The van der Waals surface area contributed by atoms with Crippen LogP contribution in [0.15, 0.2) is 72.8 Å². The fourth-order valence-electron chi connectivity index (χ4n) is 6.35. The summed E-state index contributed by atoms with van der Waals surface area (Å²) in [6.45, 7) is 3.97. The molecule has 0 unspecified atom stereocenters. The van der Waals surface area contributed by atoms with Crippen LogP contribution in [-0.4, -0.2) is 133 Å². The van der Waals surface area contributed by atoms with E-state index in [-0.39, 0.29) is 101 Å². The molecule has 4 aromatic rings. The molecule has 0 aromatic heterocycles. The highest BCUT2D eigenvalue weighted by Crippen LogP contribution is 2.29. The van der Waals surface area contributed by atoms with E-state index in [4.69, 9.17) is 23.7 Å². The van der Waals surface area contributed by atoms with Gasteiger partial charge in [0.15, 0.2) is 25.1 Å². The molecule has 0 radical (unpaired) electrons. The summed E-state index contributed by atoms with van der Waals surface area (Å²) in [5.41, 5.74) is 0.524. The number of hydrogen-bond acceptors (Lipinski definition) is 14. The predicted octanol–water partition coefficient (Wildman–Crippen LogP) is 3.98. The van der Waals surface area contributed by atoms with Crippen LogP contribution in [0.25, 0.3) is 0 Å². The van der Waals surface area contributed by atoms with E-state index in [0.717, 1.165) is 0 Å². The maximum absolute atomic E-state index is 13.2. The first-order valence-electron chi connectivity index (χ1n) is 18.2. The first-order chi connectivity index (χ1) is 28.2. The highest BCUT2D eigenvalue weighted by atomic mass is 16.5. The van der Waals surface area contributed by atoms with Gasteiger partial charge in [-0.15, -0.1) is 0 Å². The van der Waals surface area contributed by atoms with Gasteiger partial charge in [-0.2, -0.15) is 0 Å². The monoisotopic (exact) mass is 798 g/mol. The van der Waals surface area contributed by atoms with Gasteiger partial charge in [0.05, 0.1) is 78.5 Å². The SMILES string of the molecule is CCOc1cccc(C(=O)N2CCOC[C@H]2COc2cccc(O)c2C=O)c1C=O.O=Cc1c(O)cccc1OC[C@@H]1COCCN1C(=O)c1cccc(O)c1C=O. The summed E-state index contributed by atoms with van der Waals surface area (Å²) < 4.78 is 27.8. The van der Waals surface area contributed by atoms with E-state index in [2.05, 4.69) is 0 Å². The van der Waals surface area contributed by atoms with Crippen LogP contribution in [0.5, 0.6) is 34.5 Å². The number of carbonyl (C=O) groups excluding carboxylic acids is 6. The third kappa shape index (κ3) is 9.77. The Bertz CT molecular complexity index is 2120. The lowest BCUT2D eigenvalue weighted by molar-refractivity contribution is -0.0152. The van der Waals surface area contributed by atoms with Gasteiger partial charge < -0.3 is 48.8 Å². The number of aromatic hydroxyl groups is 3. The molecule has 2 amide bonds. The second-order valence-corrected chi connectivity index (χ2v) is 12.8. The topological polar surface area (TPSA) is 216 Å². The molecule has 304 valence electrons. The van der Waals surface area contributed by atoms with Gasteiger partial charge in [-0.05, 0) is 55.5 Å². The lowest BCUT2D eigenvalue weighted by Gasteiger charge is -2.35. The van der Waals surface area contributed by atoms with Crippen molar-refractivity contribution in [2.75, 3.05) is 59.3 Å². The third-order valence-corrected chi connectivity index (χ3v) is 9.31. The first kappa shape index (κ1) is 42.4. The van der Waals surface area contributed by atoms with Gasteiger partial charge in [0, 0.05) is 13.1 Å². The molecule has 3 N–H and O–H groups in total. The van der Waals surface area contributed by atoms with E-state index >= 15 is 0 Å². The minimum Gasteiger partial charge on any atom is -0.507 e. The molecule has 58 heavy (non-hydrogen) atoms. The molecule has 2 fully saturated rings. The molecule has 6 rings (SSSR count). The summed E-state index contributed by atoms with van der Waals surface area (Å²) in [7, 11) is 0. The van der Waals surface area contributed by atoms with Crippen molar-refractivity contribution in [1.82, 2.24) is 9.80 Å². The molecule has 0 bridgehead atoms. The van der Waals surface area contributed by atoms with E-state index in [1.807, 2.05) is 0 Å². The number of hydrogen-bond donors (Lipinski definition) is 3. The average Bonchev–Trinajstić information content (AvgIpc) is 3.24. The molecular formula is C42H42N2O14. The highest BCUT2D eigenvalue weighted by Gasteiger charge is 2.32. The molecule has 2 aliphatic heterocycles. The van der Waals surface area contributed by atoms with Gasteiger partial charge >= 0.3 is 0 Å². The Labute approximate surface area is 333 Å². The minimum absolute atomic E-state index is 0.0191. The van der Waals surface area contributed by atoms with Crippen molar-refractivity contribution in [3.63, 3.8) is 0 Å². The van der Waals surface area contributed by atoms with E-state index in [0.29, 0.717) is 57.3 Å². The summed E-state index contributed by atoms with van der Waals surface area (Å²) >= 11 is 0. The normalized spacial score (nSPS) is 16.2. The number of rotatable bonds is 14. The van der Waals surface area contributed by atoms with Gasteiger partial charge in [0.1, 0.15) is 47.7 Å². The fraction of sp³-hybridized carbons (Fsp3) is 0.286.